The molecule has 0 spiro atoms. The largest absolute Gasteiger partial charge is 0.508 e. The van der Waals surface area contributed by atoms with Crippen LogP contribution in [0.15, 0.2) is 53.7 Å². The molecule has 0 unspecified atom stereocenters. The molecule has 10 nitrogen and oxygen atoms in total. The second-order valence-electron chi connectivity index (χ2n) is 6.54. The molecule has 0 amide bonds. The topological polar surface area (TPSA) is 131 Å². The molecule has 0 aliphatic carbocycles. The van der Waals surface area contributed by atoms with Gasteiger partial charge in [-0.1, -0.05) is 12.1 Å². The molecule has 3 N–H and O–H groups in total. The highest BCUT2D eigenvalue weighted by molar-refractivity contribution is 5.88. The molecule has 0 saturated carbocycles. The minimum absolute atomic E-state index is 0.0482. The van der Waals surface area contributed by atoms with Gasteiger partial charge in [0.2, 0.25) is 0 Å². The van der Waals surface area contributed by atoms with Gasteiger partial charge in [0, 0.05) is 12.6 Å². The molecule has 1 aromatic carbocycles. The number of carbonyl (C=O) groups is 1. The van der Waals surface area contributed by atoms with Gasteiger partial charge in [-0.2, -0.15) is 27.9 Å². The lowest BCUT2D eigenvalue weighted by atomic mass is 10.2. The number of rotatable bonds is 7. The van der Waals surface area contributed by atoms with Crippen LogP contribution in [-0.4, -0.2) is 50.9 Å². The molecule has 3 rings (SSSR count). The Morgan fingerprint density at radius 2 is 1.91 bits per heavy atom. The van der Waals surface area contributed by atoms with E-state index in [1.54, 1.807) is 12.1 Å². The van der Waals surface area contributed by atoms with Gasteiger partial charge in [-0.15, -0.1) is 0 Å². The van der Waals surface area contributed by atoms with Crippen LogP contribution in [0.2, 0.25) is 0 Å². The summed E-state index contributed by atoms with van der Waals surface area (Å²) in [5.41, 5.74) is 0.731. The van der Waals surface area contributed by atoms with Gasteiger partial charge in [0.1, 0.15) is 11.6 Å². The smallest absolute Gasteiger partial charge is 0.422 e. The maximum atomic E-state index is 12.6. The lowest BCUT2D eigenvalue weighted by Crippen LogP contribution is -2.21. The van der Waals surface area contributed by atoms with Crippen molar-refractivity contribution in [3.8, 4) is 11.8 Å². The number of methoxy groups -OCH3 is 1. The number of aromatic hydroxyl groups is 1. The predicted octanol–water partition coefficient (Wildman–Crippen LogP) is 2.79. The average Bonchev–Trinajstić information content (AvgIpc) is 2.77. The molecule has 0 bridgehead atoms. The van der Waals surface area contributed by atoms with Crippen molar-refractivity contribution in [3.05, 3.63) is 65.3 Å². The average molecular weight is 465 g/mol. The van der Waals surface area contributed by atoms with Crippen molar-refractivity contribution in [2.24, 2.45) is 4.99 Å². The van der Waals surface area contributed by atoms with Crippen LogP contribution in [0.25, 0.3) is 0 Å². The van der Waals surface area contributed by atoms with Crippen LogP contribution in [-0.2, 0) is 11.3 Å². The Morgan fingerprint density at radius 3 is 2.55 bits per heavy atom. The van der Waals surface area contributed by atoms with Gasteiger partial charge in [0.05, 0.1) is 18.9 Å². The van der Waals surface area contributed by atoms with Crippen LogP contribution in [0.3, 0.4) is 0 Å². The third-order valence-electron chi connectivity index (χ3n) is 4.03. The summed E-state index contributed by atoms with van der Waals surface area (Å²) in [6, 6.07) is 9.62. The second-order valence-corrected chi connectivity index (χ2v) is 6.54. The van der Waals surface area contributed by atoms with Crippen LogP contribution in [0.5, 0.6) is 11.8 Å². The Balaban J connectivity index is 1.92. The summed E-state index contributed by atoms with van der Waals surface area (Å²) in [5, 5.41) is 22.3. The molecule has 0 aliphatic rings. The highest BCUT2D eigenvalue weighted by atomic mass is 19.4. The molecule has 0 aliphatic heterocycles. The Bertz CT molecular complexity index is 1200. The summed E-state index contributed by atoms with van der Waals surface area (Å²) in [6.45, 7) is -1.38. The molecule has 3 aromatic rings. The number of aromatic nitrogens is 3. The van der Waals surface area contributed by atoms with Crippen LogP contribution in [0.4, 0.5) is 24.8 Å². The van der Waals surface area contributed by atoms with Crippen molar-refractivity contribution in [3.63, 3.8) is 0 Å². The van der Waals surface area contributed by atoms with Crippen LogP contribution < -0.4 is 15.5 Å². The molecule has 0 atom stereocenters. The van der Waals surface area contributed by atoms with Crippen LogP contribution in [0, 0.1) is 0 Å². The summed E-state index contributed by atoms with van der Waals surface area (Å²) in [6.07, 6.45) is -3.55. The molecule has 0 radical (unpaired) electrons. The van der Waals surface area contributed by atoms with Gasteiger partial charge in [0.25, 0.3) is 0 Å². The SMILES string of the molecule is COC(=O)c1ccc(=Nc2cc(NCc3ccc(O)cc3)nc(OCC(F)(F)F)n2)n(O)c1. The Labute approximate surface area is 184 Å². The number of phenolic OH excluding ortho intramolecular Hbond substituents is 1. The van der Waals surface area contributed by atoms with Crippen LogP contribution >= 0.6 is 0 Å². The van der Waals surface area contributed by atoms with Gasteiger partial charge in [-0.3, -0.25) is 0 Å². The Hall–Kier alpha value is -4.29. The number of pyridine rings is 1. The maximum Gasteiger partial charge on any atom is 0.422 e. The first-order valence-electron chi connectivity index (χ1n) is 9.28. The maximum absolute atomic E-state index is 12.6. The molecule has 0 fully saturated rings. The van der Waals surface area contributed by atoms with E-state index in [9.17, 15) is 28.3 Å². The Morgan fingerprint density at radius 1 is 1.18 bits per heavy atom. The minimum Gasteiger partial charge on any atom is -0.508 e. The minimum atomic E-state index is -4.60. The number of anilines is 1. The fourth-order valence-corrected chi connectivity index (χ4v) is 2.50. The molecule has 0 saturated heterocycles. The summed E-state index contributed by atoms with van der Waals surface area (Å²) >= 11 is 0. The second kappa shape index (κ2) is 9.89. The number of esters is 1. The lowest BCUT2D eigenvalue weighted by molar-refractivity contribution is -0.154. The standard InChI is InChI=1S/C20H18F3N5O5/c1-32-18(30)13-4-7-17(28(31)10-13)25-16-8-15(24-9-12-2-5-14(29)6-3-12)26-19(27-16)33-11-20(21,22)23/h2-8,10,29,31H,9,11H2,1H3,(H,24,26,27). The molecule has 33 heavy (non-hydrogen) atoms. The van der Waals surface area contributed by atoms with E-state index < -0.39 is 24.8 Å². The molecule has 13 heteroatoms. The third-order valence-corrected chi connectivity index (χ3v) is 4.03. The van der Waals surface area contributed by atoms with Crippen molar-refractivity contribution >= 4 is 17.6 Å². The number of carbonyl (C=O) groups excluding carboxylic acids is 1. The lowest BCUT2D eigenvalue weighted by Gasteiger charge is -2.11. The van der Waals surface area contributed by atoms with Crippen molar-refractivity contribution in [2.45, 2.75) is 12.7 Å². The Kier molecular flexibility index (Phi) is 7.00. The summed E-state index contributed by atoms with van der Waals surface area (Å²) in [5.74, 6) is -0.621. The van der Waals surface area contributed by atoms with E-state index in [4.69, 9.17) is 0 Å². The molecule has 2 heterocycles. The summed E-state index contributed by atoms with van der Waals surface area (Å²) < 4.78 is 47.4. The first-order chi connectivity index (χ1) is 15.6. The summed E-state index contributed by atoms with van der Waals surface area (Å²) in [7, 11) is 1.18. The molecular weight excluding hydrogens is 447 g/mol. The highest BCUT2D eigenvalue weighted by Crippen LogP contribution is 2.21. The quantitative estimate of drug-likeness (QED) is 0.359. The van der Waals surface area contributed by atoms with Gasteiger partial charge in [0.15, 0.2) is 17.9 Å². The van der Waals surface area contributed by atoms with E-state index in [1.807, 2.05) is 0 Å². The first kappa shape index (κ1) is 23.4. The number of benzene rings is 1. The molecule has 2 aromatic heterocycles. The number of nitrogens with one attached hydrogen (secondary N) is 1. The zero-order chi connectivity index (χ0) is 24.0. The third kappa shape index (κ3) is 6.85. The van der Waals surface area contributed by atoms with E-state index in [1.165, 1.54) is 37.4 Å². The van der Waals surface area contributed by atoms with E-state index >= 15 is 0 Å². The number of ether oxygens (including phenoxy) is 2. The van der Waals surface area contributed by atoms with Gasteiger partial charge in [-0.25, -0.2) is 9.79 Å². The number of halogens is 3. The van der Waals surface area contributed by atoms with Gasteiger partial charge in [-0.05, 0) is 29.8 Å². The zero-order valence-electron chi connectivity index (χ0n) is 17.1. The highest BCUT2D eigenvalue weighted by Gasteiger charge is 2.29. The van der Waals surface area contributed by atoms with Crippen molar-refractivity contribution < 1.29 is 37.8 Å². The van der Waals surface area contributed by atoms with E-state index in [0.717, 1.165) is 11.8 Å². The first-order valence-corrected chi connectivity index (χ1v) is 9.28. The van der Waals surface area contributed by atoms with E-state index in [2.05, 4.69) is 29.8 Å². The predicted molar refractivity (Wildman–Crippen MR) is 107 cm³/mol. The zero-order valence-corrected chi connectivity index (χ0v) is 17.1. The van der Waals surface area contributed by atoms with Crippen molar-refractivity contribution in [1.29, 1.82) is 0 Å². The van der Waals surface area contributed by atoms with E-state index in [0.29, 0.717) is 4.73 Å². The number of phenols is 1. The normalized spacial score (nSPS) is 11.8. The van der Waals surface area contributed by atoms with Crippen molar-refractivity contribution in [2.75, 3.05) is 19.0 Å². The van der Waals surface area contributed by atoms with Gasteiger partial charge < -0.3 is 25.1 Å². The fraction of sp³-hybridized carbons (Fsp3) is 0.200. The monoisotopic (exact) mass is 465 g/mol. The van der Waals surface area contributed by atoms with Crippen molar-refractivity contribution in [1.82, 2.24) is 14.7 Å². The molecular formula is C20H18F3N5O5. The van der Waals surface area contributed by atoms with E-state index in [-0.39, 0.29) is 35.0 Å². The fourth-order valence-electron chi connectivity index (χ4n) is 2.50. The van der Waals surface area contributed by atoms with Gasteiger partial charge >= 0.3 is 18.2 Å². The molecule has 174 valence electrons. The number of hydrogen-bond donors (Lipinski definition) is 3. The number of alkyl halides is 3. The van der Waals surface area contributed by atoms with Crippen LogP contribution in [0.1, 0.15) is 15.9 Å². The summed E-state index contributed by atoms with van der Waals surface area (Å²) in [4.78, 5) is 23.4. The number of hydrogen-bond acceptors (Lipinski definition) is 9. The number of nitrogens with zero attached hydrogens (tertiary/aromatic N) is 4.